The first-order chi connectivity index (χ1) is 11.8. The van der Waals surface area contributed by atoms with Crippen LogP contribution in [0.5, 0.6) is 0 Å². The third kappa shape index (κ3) is 9.23. The predicted molar refractivity (Wildman–Crippen MR) is 112 cm³/mol. The molecule has 0 N–H and O–H groups in total. The monoisotopic (exact) mass is 346 g/mol. The number of carbonyl (C=O) groups is 1. The summed E-state index contributed by atoms with van der Waals surface area (Å²) in [7, 11) is 0. The van der Waals surface area contributed by atoms with Crippen LogP contribution in [0.25, 0.3) is 0 Å². The van der Waals surface area contributed by atoms with Gasteiger partial charge in [-0.3, -0.25) is 4.79 Å². The Morgan fingerprint density at radius 3 is 2.00 bits per heavy atom. The second-order valence-electron chi connectivity index (χ2n) is 8.17. The first-order valence-electron chi connectivity index (χ1n) is 10.4. The van der Waals surface area contributed by atoms with Gasteiger partial charge in [-0.25, -0.2) is 0 Å². The van der Waals surface area contributed by atoms with Gasteiger partial charge >= 0.3 is 0 Å². The van der Waals surface area contributed by atoms with E-state index in [1.165, 1.54) is 36.8 Å². The summed E-state index contributed by atoms with van der Waals surface area (Å²) in [6.45, 7) is 16.8. The molecule has 25 heavy (non-hydrogen) atoms. The molecule has 0 radical (unpaired) electrons. The van der Waals surface area contributed by atoms with Crippen molar-refractivity contribution in [1.29, 1.82) is 0 Å². The standard InChI is InChI=1S/C22H36O.C2H6/c1-7-10-19(11-8-2)20(16-21(23)22(4,5)6)15-18-13-9-12-17(3)14-18;1-2/h9,12-14,19-20H,7-8,10-11,15-16H2,1-6H3;1-2H3. The van der Waals surface area contributed by atoms with Gasteiger partial charge < -0.3 is 0 Å². The molecule has 144 valence electrons. The average molecular weight is 347 g/mol. The van der Waals surface area contributed by atoms with Crippen LogP contribution in [0.1, 0.15) is 91.7 Å². The maximum Gasteiger partial charge on any atom is 0.138 e. The zero-order chi connectivity index (χ0) is 19.5. The highest BCUT2D eigenvalue weighted by Gasteiger charge is 2.28. The van der Waals surface area contributed by atoms with Crippen molar-refractivity contribution in [2.45, 2.75) is 93.9 Å². The molecule has 0 fully saturated rings. The van der Waals surface area contributed by atoms with Crippen molar-refractivity contribution in [3.63, 3.8) is 0 Å². The highest BCUT2D eigenvalue weighted by molar-refractivity contribution is 5.83. The molecule has 1 heteroatoms. The normalized spacial score (nSPS) is 12.5. The molecule has 0 aliphatic carbocycles. The lowest BCUT2D eigenvalue weighted by Gasteiger charge is -2.29. The maximum atomic E-state index is 12.6. The molecule has 0 aliphatic rings. The highest BCUT2D eigenvalue weighted by Crippen LogP contribution is 2.32. The van der Waals surface area contributed by atoms with Gasteiger partial charge in [-0.2, -0.15) is 0 Å². The molecule has 1 nitrogen and oxygen atoms in total. The van der Waals surface area contributed by atoms with E-state index in [0.29, 0.717) is 17.6 Å². The summed E-state index contributed by atoms with van der Waals surface area (Å²) >= 11 is 0. The molecule has 0 amide bonds. The quantitative estimate of drug-likeness (QED) is 0.455. The molecule has 1 aromatic rings. The molecule has 0 saturated carbocycles. The van der Waals surface area contributed by atoms with Crippen molar-refractivity contribution in [3.05, 3.63) is 35.4 Å². The molecule has 0 saturated heterocycles. The summed E-state index contributed by atoms with van der Waals surface area (Å²) in [5.74, 6) is 1.55. The minimum Gasteiger partial charge on any atom is -0.299 e. The second-order valence-corrected chi connectivity index (χ2v) is 8.17. The number of carbonyl (C=O) groups excluding carboxylic acids is 1. The lowest BCUT2D eigenvalue weighted by molar-refractivity contribution is -0.127. The van der Waals surface area contributed by atoms with E-state index >= 15 is 0 Å². The summed E-state index contributed by atoms with van der Waals surface area (Å²) in [5.41, 5.74) is 2.47. The number of aryl methyl sites for hydroxylation is 1. The van der Waals surface area contributed by atoms with Crippen LogP contribution in [-0.4, -0.2) is 5.78 Å². The van der Waals surface area contributed by atoms with E-state index in [9.17, 15) is 4.79 Å². The third-order valence-electron chi connectivity index (χ3n) is 4.85. The smallest absolute Gasteiger partial charge is 0.138 e. The average Bonchev–Trinajstić information content (AvgIpc) is 2.55. The van der Waals surface area contributed by atoms with E-state index in [4.69, 9.17) is 0 Å². The van der Waals surface area contributed by atoms with Crippen LogP contribution in [-0.2, 0) is 11.2 Å². The van der Waals surface area contributed by atoms with E-state index in [1.54, 1.807) is 0 Å². The third-order valence-corrected chi connectivity index (χ3v) is 4.85. The van der Waals surface area contributed by atoms with Crippen LogP contribution in [0.2, 0.25) is 0 Å². The molecular formula is C24H42O. The number of Topliss-reactive ketones (excluding diaryl/α,β-unsaturated/α-hetero) is 1. The molecule has 1 rings (SSSR count). The molecule has 0 spiro atoms. The summed E-state index contributed by atoms with van der Waals surface area (Å²) < 4.78 is 0. The molecule has 1 atom stereocenters. The van der Waals surface area contributed by atoms with Gasteiger partial charge in [0.25, 0.3) is 0 Å². The summed E-state index contributed by atoms with van der Waals surface area (Å²) in [5, 5.41) is 0. The second kappa shape index (κ2) is 12.3. The molecule has 0 bridgehead atoms. The zero-order valence-corrected chi connectivity index (χ0v) is 18.1. The van der Waals surface area contributed by atoms with E-state index in [-0.39, 0.29) is 5.41 Å². The van der Waals surface area contributed by atoms with E-state index in [2.05, 4.69) is 45.0 Å². The largest absolute Gasteiger partial charge is 0.299 e. The van der Waals surface area contributed by atoms with Crippen LogP contribution in [0.15, 0.2) is 24.3 Å². The SMILES string of the molecule is CC.CCCC(CCC)C(CC(=O)C(C)(C)C)Cc1cccc(C)c1. The van der Waals surface area contributed by atoms with Crippen molar-refractivity contribution < 1.29 is 4.79 Å². The van der Waals surface area contributed by atoms with E-state index in [1.807, 2.05) is 34.6 Å². The molecule has 1 unspecified atom stereocenters. The van der Waals surface area contributed by atoms with Gasteiger partial charge in [-0.15, -0.1) is 0 Å². The van der Waals surface area contributed by atoms with Gasteiger partial charge in [-0.1, -0.05) is 104 Å². The number of hydrogen-bond donors (Lipinski definition) is 0. The Morgan fingerprint density at radius 2 is 1.56 bits per heavy atom. The first-order valence-corrected chi connectivity index (χ1v) is 10.4. The predicted octanol–water partition coefficient (Wildman–Crippen LogP) is 7.40. The Balaban J connectivity index is 0.00000277. The zero-order valence-electron chi connectivity index (χ0n) is 18.1. The van der Waals surface area contributed by atoms with Gasteiger partial charge in [0.2, 0.25) is 0 Å². The van der Waals surface area contributed by atoms with Crippen LogP contribution in [0, 0.1) is 24.2 Å². The van der Waals surface area contributed by atoms with Crippen molar-refractivity contribution in [3.8, 4) is 0 Å². The van der Waals surface area contributed by atoms with Crippen LogP contribution in [0.4, 0.5) is 0 Å². The van der Waals surface area contributed by atoms with E-state index in [0.717, 1.165) is 12.8 Å². The lowest BCUT2D eigenvalue weighted by Crippen LogP contribution is -2.27. The number of ketones is 1. The van der Waals surface area contributed by atoms with Gasteiger partial charge in [0.05, 0.1) is 0 Å². The first kappa shape index (κ1) is 23.9. The number of hydrogen-bond acceptors (Lipinski definition) is 1. The van der Waals surface area contributed by atoms with Gasteiger partial charge in [-0.05, 0) is 30.7 Å². The van der Waals surface area contributed by atoms with Crippen LogP contribution >= 0.6 is 0 Å². The van der Waals surface area contributed by atoms with Gasteiger partial charge in [0, 0.05) is 11.8 Å². The van der Waals surface area contributed by atoms with Crippen molar-refractivity contribution >= 4 is 5.78 Å². The molecule has 0 aliphatic heterocycles. The topological polar surface area (TPSA) is 17.1 Å². The van der Waals surface area contributed by atoms with Crippen molar-refractivity contribution in [2.24, 2.45) is 17.3 Å². The molecular weight excluding hydrogens is 304 g/mol. The van der Waals surface area contributed by atoms with Gasteiger partial charge in [0.15, 0.2) is 0 Å². The molecule has 0 heterocycles. The minimum absolute atomic E-state index is 0.228. The molecule has 0 aromatic heterocycles. The number of benzene rings is 1. The fraction of sp³-hybridized carbons (Fsp3) is 0.708. The fourth-order valence-corrected chi connectivity index (χ4v) is 3.45. The van der Waals surface area contributed by atoms with Gasteiger partial charge in [0.1, 0.15) is 5.78 Å². The lowest BCUT2D eigenvalue weighted by atomic mass is 9.75. The van der Waals surface area contributed by atoms with Crippen molar-refractivity contribution in [2.75, 3.05) is 0 Å². The summed E-state index contributed by atoms with van der Waals surface area (Å²) in [4.78, 5) is 12.6. The Hall–Kier alpha value is -1.11. The Labute approximate surface area is 157 Å². The Bertz CT molecular complexity index is 475. The molecule has 1 aromatic carbocycles. The summed E-state index contributed by atoms with van der Waals surface area (Å²) in [6.07, 6.45) is 6.65. The fourth-order valence-electron chi connectivity index (χ4n) is 3.45. The van der Waals surface area contributed by atoms with Crippen LogP contribution < -0.4 is 0 Å². The maximum absolute atomic E-state index is 12.6. The van der Waals surface area contributed by atoms with E-state index < -0.39 is 0 Å². The summed E-state index contributed by atoms with van der Waals surface area (Å²) in [6, 6.07) is 8.79. The Kier molecular flexibility index (Phi) is 11.7. The minimum atomic E-state index is -0.228. The highest BCUT2D eigenvalue weighted by atomic mass is 16.1. The van der Waals surface area contributed by atoms with Crippen LogP contribution in [0.3, 0.4) is 0 Å². The van der Waals surface area contributed by atoms with Crippen molar-refractivity contribution in [1.82, 2.24) is 0 Å². The Morgan fingerprint density at radius 1 is 1.00 bits per heavy atom. The number of rotatable bonds is 9.